The molecule has 1 aromatic rings. The molecule has 2 heterocycles. The molecule has 2 N–H and O–H groups in total. The largest absolute Gasteiger partial charge is 0.507 e. The van der Waals surface area contributed by atoms with Crippen molar-refractivity contribution < 1.29 is 19.7 Å². The van der Waals surface area contributed by atoms with Crippen LogP contribution in [0, 0.1) is 0 Å². The van der Waals surface area contributed by atoms with Crippen molar-refractivity contribution in [2.75, 3.05) is 6.61 Å². The molecule has 1 aliphatic rings. The number of ether oxygens (including phenoxy) is 1. The standard InChI is InChI=1S/C27H42N2O4/c1-2-3-4-5-6-7-8-9-10-11-12-13-14-18-23(29-20-22-17-15-16-19-28-22)25-26(31)24(21-30)33-27(25)32/h15-17,19,24,30-31H,2-14,18,20-21H2,1H3. The van der Waals surface area contributed by atoms with Crippen LogP contribution in [0.2, 0.25) is 0 Å². The van der Waals surface area contributed by atoms with Gasteiger partial charge in [0.15, 0.2) is 11.9 Å². The fraction of sp³-hybridized carbons (Fsp3) is 0.667. The topological polar surface area (TPSA) is 92.0 Å². The van der Waals surface area contributed by atoms with Gasteiger partial charge in [0.1, 0.15) is 5.57 Å². The van der Waals surface area contributed by atoms with Crippen LogP contribution in [0.15, 0.2) is 40.7 Å². The Balaban J connectivity index is 1.73. The molecule has 0 saturated heterocycles. The second kappa shape index (κ2) is 16.4. The van der Waals surface area contributed by atoms with Gasteiger partial charge in [-0.15, -0.1) is 0 Å². The summed E-state index contributed by atoms with van der Waals surface area (Å²) in [6.45, 7) is 2.15. The smallest absolute Gasteiger partial charge is 0.344 e. The van der Waals surface area contributed by atoms with E-state index in [9.17, 15) is 15.0 Å². The fourth-order valence-corrected chi connectivity index (χ4v) is 4.16. The lowest BCUT2D eigenvalue weighted by atomic mass is 10.0. The zero-order valence-corrected chi connectivity index (χ0v) is 20.3. The molecule has 1 atom stereocenters. The fourth-order valence-electron chi connectivity index (χ4n) is 4.16. The first kappa shape index (κ1) is 27.0. The van der Waals surface area contributed by atoms with Gasteiger partial charge in [0.25, 0.3) is 0 Å². The normalized spacial score (nSPS) is 16.5. The molecule has 2 rings (SSSR count). The third-order valence-corrected chi connectivity index (χ3v) is 6.14. The third kappa shape index (κ3) is 10.1. The van der Waals surface area contributed by atoms with Crippen LogP contribution < -0.4 is 0 Å². The Bertz CT molecular complexity index is 746. The number of carbonyl (C=O) groups excluding carboxylic acids is 1. The van der Waals surface area contributed by atoms with E-state index in [1.54, 1.807) is 6.20 Å². The van der Waals surface area contributed by atoms with Gasteiger partial charge < -0.3 is 14.9 Å². The molecule has 0 spiro atoms. The molecule has 1 aliphatic heterocycles. The van der Waals surface area contributed by atoms with Crippen molar-refractivity contribution in [1.29, 1.82) is 0 Å². The Hall–Kier alpha value is -2.21. The Morgan fingerprint density at radius 1 is 0.970 bits per heavy atom. The Morgan fingerprint density at radius 3 is 2.09 bits per heavy atom. The summed E-state index contributed by atoms with van der Waals surface area (Å²) >= 11 is 0. The molecule has 0 amide bonds. The van der Waals surface area contributed by atoms with Crippen LogP contribution in [-0.2, 0) is 16.1 Å². The maximum atomic E-state index is 12.3. The van der Waals surface area contributed by atoms with Gasteiger partial charge in [-0.05, 0) is 25.0 Å². The van der Waals surface area contributed by atoms with E-state index >= 15 is 0 Å². The van der Waals surface area contributed by atoms with Crippen LogP contribution in [0.5, 0.6) is 0 Å². The lowest BCUT2D eigenvalue weighted by Crippen LogP contribution is -2.15. The Labute approximate surface area is 199 Å². The number of carbonyl (C=O) groups is 1. The number of aromatic nitrogens is 1. The second-order valence-electron chi connectivity index (χ2n) is 8.91. The van der Waals surface area contributed by atoms with Crippen molar-refractivity contribution in [2.45, 2.75) is 109 Å². The number of esters is 1. The average molecular weight is 459 g/mol. The molecule has 0 saturated carbocycles. The molecule has 0 bridgehead atoms. The summed E-state index contributed by atoms with van der Waals surface area (Å²) < 4.78 is 5.08. The predicted molar refractivity (Wildman–Crippen MR) is 132 cm³/mol. The maximum Gasteiger partial charge on any atom is 0.344 e. The van der Waals surface area contributed by atoms with E-state index in [1.165, 1.54) is 70.6 Å². The molecule has 33 heavy (non-hydrogen) atoms. The predicted octanol–water partition coefficient (Wildman–Crippen LogP) is 6.23. The quantitative estimate of drug-likeness (QED) is 0.154. The highest BCUT2D eigenvalue weighted by Gasteiger charge is 2.36. The molecule has 1 unspecified atom stereocenters. The third-order valence-electron chi connectivity index (χ3n) is 6.14. The van der Waals surface area contributed by atoms with Gasteiger partial charge in [-0.3, -0.25) is 9.98 Å². The van der Waals surface area contributed by atoms with Crippen molar-refractivity contribution in [1.82, 2.24) is 4.98 Å². The van der Waals surface area contributed by atoms with Crippen LogP contribution in [0.25, 0.3) is 0 Å². The number of pyridine rings is 1. The highest BCUT2D eigenvalue weighted by molar-refractivity contribution is 6.21. The van der Waals surface area contributed by atoms with Crippen molar-refractivity contribution in [3.63, 3.8) is 0 Å². The van der Waals surface area contributed by atoms with Gasteiger partial charge in [-0.1, -0.05) is 90.0 Å². The Kier molecular flexibility index (Phi) is 13.4. The number of nitrogens with zero attached hydrogens (tertiary/aromatic N) is 2. The van der Waals surface area contributed by atoms with Gasteiger partial charge in [0.05, 0.1) is 24.6 Å². The second-order valence-corrected chi connectivity index (χ2v) is 8.91. The van der Waals surface area contributed by atoms with Gasteiger partial charge in [0.2, 0.25) is 0 Å². The Morgan fingerprint density at radius 2 is 1.58 bits per heavy atom. The van der Waals surface area contributed by atoms with Crippen molar-refractivity contribution in [2.24, 2.45) is 4.99 Å². The van der Waals surface area contributed by atoms with Gasteiger partial charge in [-0.25, -0.2) is 4.79 Å². The maximum absolute atomic E-state index is 12.3. The van der Waals surface area contributed by atoms with Gasteiger partial charge in [0, 0.05) is 6.20 Å². The van der Waals surface area contributed by atoms with Crippen LogP contribution in [0.4, 0.5) is 0 Å². The first-order valence-electron chi connectivity index (χ1n) is 12.9. The van der Waals surface area contributed by atoms with E-state index in [2.05, 4.69) is 16.9 Å². The molecule has 0 aliphatic carbocycles. The monoisotopic (exact) mass is 458 g/mol. The summed E-state index contributed by atoms with van der Waals surface area (Å²) in [4.78, 5) is 21.2. The molecular weight excluding hydrogens is 416 g/mol. The number of rotatable bonds is 18. The minimum Gasteiger partial charge on any atom is -0.507 e. The van der Waals surface area contributed by atoms with Crippen molar-refractivity contribution in [3.05, 3.63) is 41.4 Å². The highest BCUT2D eigenvalue weighted by atomic mass is 16.6. The van der Waals surface area contributed by atoms with Crippen LogP contribution in [-0.4, -0.2) is 39.6 Å². The van der Waals surface area contributed by atoms with Crippen LogP contribution in [0.1, 0.15) is 103 Å². The highest BCUT2D eigenvalue weighted by Crippen LogP contribution is 2.24. The summed E-state index contributed by atoms with van der Waals surface area (Å²) in [5, 5.41) is 19.7. The number of hydrogen-bond donors (Lipinski definition) is 2. The molecule has 0 aromatic carbocycles. The average Bonchev–Trinajstić information content (AvgIpc) is 3.12. The van der Waals surface area contributed by atoms with Gasteiger partial charge in [-0.2, -0.15) is 0 Å². The van der Waals surface area contributed by atoms with Crippen LogP contribution >= 0.6 is 0 Å². The molecule has 6 heteroatoms. The number of hydrogen-bond acceptors (Lipinski definition) is 6. The lowest BCUT2D eigenvalue weighted by molar-refractivity contribution is -0.141. The summed E-state index contributed by atoms with van der Waals surface area (Å²) in [5.74, 6) is -0.821. The van der Waals surface area contributed by atoms with E-state index in [0.717, 1.165) is 18.5 Å². The number of aliphatic imine (C=N–C) groups is 1. The van der Waals surface area contributed by atoms with E-state index < -0.39 is 18.7 Å². The number of unbranched alkanes of at least 4 members (excludes halogenated alkanes) is 12. The number of cyclic esters (lactones) is 1. The summed E-state index contributed by atoms with van der Waals surface area (Å²) in [5.41, 5.74) is 1.46. The van der Waals surface area contributed by atoms with E-state index in [-0.39, 0.29) is 11.3 Å². The van der Waals surface area contributed by atoms with E-state index in [0.29, 0.717) is 18.7 Å². The van der Waals surface area contributed by atoms with Crippen molar-refractivity contribution in [3.8, 4) is 0 Å². The molecule has 1 aromatic heterocycles. The lowest BCUT2D eigenvalue weighted by Gasteiger charge is -2.07. The summed E-state index contributed by atoms with van der Waals surface area (Å²) in [6.07, 6.45) is 17.8. The molecule has 184 valence electrons. The minimum atomic E-state index is -0.987. The van der Waals surface area contributed by atoms with Crippen LogP contribution in [0.3, 0.4) is 0 Å². The summed E-state index contributed by atoms with van der Waals surface area (Å²) in [6, 6.07) is 5.62. The SMILES string of the molecule is CCCCCCCCCCCCCCCC(=NCc1ccccn1)C1=C(O)C(CO)OC1=O. The van der Waals surface area contributed by atoms with Crippen molar-refractivity contribution >= 4 is 11.7 Å². The zero-order valence-electron chi connectivity index (χ0n) is 20.3. The van der Waals surface area contributed by atoms with E-state index in [1.807, 2.05) is 18.2 Å². The number of aliphatic hydroxyl groups is 2. The summed E-state index contributed by atoms with van der Waals surface area (Å²) in [7, 11) is 0. The molecule has 0 fully saturated rings. The molecule has 6 nitrogen and oxygen atoms in total. The first-order valence-corrected chi connectivity index (χ1v) is 12.9. The molecule has 0 radical (unpaired) electrons. The number of aliphatic hydroxyl groups excluding tert-OH is 2. The first-order chi connectivity index (χ1) is 16.2. The minimum absolute atomic E-state index is 0.115. The molecular formula is C27H42N2O4. The van der Waals surface area contributed by atoms with E-state index in [4.69, 9.17) is 4.74 Å². The zero-order chi connectivity index (χ0) is 23.7. The van der Waals surface area contributed by atoms with Gasteiger partial charge >= 0.3 is 5.97 Å².